The molecule has 0 N–H and O–H groups in total. The molecule has 31 heavy (non-hydrogen) atoms. The molecule has 0 unspecified atom stereocenters. The topological polar surface area (TPSA) is 47.0 Å². The Hall–Kier alpha value is -3.56. The molecule has 0 saturated heterocycles. The molecule has 4 aromatic rings. The van der Waals surface area contributed by atoms with E-state index in [4.69, 9.17) is 16.6 Å². The SMILES string of the molecule is Cc1nc(-c2ccccc2Cl)c(C(=O)c2ccccc2)c(C)c1C(=O)c1ccccc1. The van der Waals surface area contributed by atoms with Gasteiger partial charge in [-0.3, -0.25) is 14.6 Å². The van der Waals surface area contributed by atoms with E-state index in [1.807, 2.05) is 54.6 Å². The number of aryl methyl sites for hydroxylation is 1. The molecule has 0 saturated carbocycles. The van der Waals surface area contributed by atoms with Gasteiger partial charge in [-0.1, -0.05) is 90.5 Å². The van der Waals surface area contributed by atoms with Gasteiger partial charge in [0.2, 0.25) is 0 Å². The van der Waals surface area contributed by atoms with Crippen molar-refractivity contribution in [3.63, 3.8) is 0 Å². The average molecular weight is 426 g/mol. The summed E-state index contributed by atoms with van der Waals surface area (Å²) >= 11 is 6.47. The van der Waals surface area contributed by atoms with Gasteiger partial charge in [-0.05, 0) is 25.5 Å². The second kappa shape index (κ2) is 8.66. The molecule has 0 radical (unpaired) electrons. The van der Waals surface area contributed by atoms with Crippen LogP contribution in [0.15, 0.2) is 84.9 Å². The number of benzene rings is 3. The molecule has 4 rings (SSSR count). The number of hydrogen-bond acceptors (Lipinski definition) is 3. The minimum Gasteiger partial charge on any atom is -0.289 e. The van der Waals surface area contributed by atoms with Crippen molar-refractivity contribution in [2.75, 3.05) is 0 Å². The van der Waals surface area contributed by atoms with Gasteiger partial charge in [-0.15, -0.1) is 0 Å². The first-order valence-corrected chi connectivity index (χ1v) is 10.3. The number of hydrogen-bond donors (Lipinski definition) is 0. The normalized spacial score (nSPS) is 10.7. The fraction of sp³-hybridized carbons (Fsp3) is 0.0741. The van der Waals surface area contributed by atoms with E-state index in [0.29, 0.717) is 49.8 Å². The van der Waals surface area contributed by atoms with Crippen molar-refractivity contribution < 1.29 is 9.59 Å². The third-order valence-electron chi connectivity index (χ3n) is 5.28. The second-order valence-corrected chi connectivity index (χ2v) is 7.70. The van der Waals surface area contributed by atoms with Crippen LogP contribution in [0.2, 0.25) is 5.02 Å². The Bertz CT molecular complexity index is 1280. The molecule has 1 aromatic heterocycles. The van der Waals surface area contributed by atoms with E-state index in [2.05, 4.69) is 0 Å². The van der Waals surface area contributed by atoms with Gasteiger partial charge in [0.1, 0.15) is 0 Å². The molecule has 0 aliphatic heterocycles. The van der Waals surface area contributed by atoms with E-state index in [1.54, 1.807) is 44.2 Å². The van der Waals surface area contributed by atoms with Crippen LogP contribution in [-0.2, 0) is 0 Å². The third kappa shape index (κ3) is 3.92. The van der Waals surface area contributed by atoms with Crippen LogP contribution in [0.5, 0.6) is 0 Å². The number of rotatable bonds is 5. The maximum absolute atomic E-state index is 13.6. The maximum Gasteiger partial charge on any atom is 0.195 e. The third-order valence-corrected chi connectivity index (χ3v) is 5.61. The zero-order chi connectivity index (χ0) is 22.0. The lowest BCUT2D eigenvalue weighted by Crippen LogP contribution is -2.15. The number of pyridine rings is 1. The molecule has 0 atom stereocenters. The van der Waals surface area contributed by atoms with Crippen LogP contribution in [0, 0.1) is 13.8 Å². The molecule has 0 aliphatic carbocycles. The van der Waals surface area contributed by atoms with Gasteiger partial charge < -0.3 is 0 Å². The molecule has 0 fully saturated rings. The molecule has 3 aromatic carbocycles. The van der Waals surface area contributed by atoms with E-state index < -0.39 is 0 Å². The molecule has 0 amide bonds. The van der Waals surface area contributed by atoms with Crippen molar-refractivity contribution in [3.05, 3.63) is 123 Å². The van der Waals surface area contributed by atoms with Crippen molar-refractivity contribution >= 4 is 23.2 Å². The molecule has 0 spiro atoms. The quantitative estimate of drug-likeness (QED) is 0.344. The molecule has 0 aliphatic rings. The minimum atomic E-state index is -0.192. The predicted molar refractivity (Wildman–Crippen MR) is 124 cm³/mol. The Labute approximate surface area is 186 Å². The van der Waals surface area contributed by atoms with Crippen molar-refractivity contribution in [2.24, 2.45) is 0 Å². The number of halogens is 1. The summed E-state index contributed by atoms with van der Waals surface area (Å²) in [5.41, 5.74) is 4.23. The maximum atomic E-state index is 13.6. The summed E-state index contributed by atoms with van der Waals surface area (Å²) < 4.78 is 0. The van der Waals surface area contributed by atoms with Crippen molar-refractivity contribution in [2.45, 2.75) is 13.8 Å². The highest BCUT2D eigenvalue weighted by molar-refractivity contribution is 6.33. The average Bonchev–Trinajstić information content (AvgIpc) is 2.80. The van der Waals surface area contributed by atoms with Gasteiger partial charge >= 0.3 is 0 Å². The van der Waals surface area contributed by atoms with Gasteiger partial charge in [0.25, 0.3) is 0 Å². The Balaban J connectivity index is 2.00. The number of ketones is 2. The van der Waals surface area contributed by atoms with E-state index in [-0.39, 0.29) is 11.6 Å². The van der Waals surface area contributed by atoms with Gasteiger partial charge in [0.05, 0.1) is 11.3 Å². The molecule has 1 heterocycles. The molecule has 152 valence electrons. The molecule has 3 nitrogen and oxygen atoms in total. The summed E-state index contributed by atoms with van der Waals surface area (Å²) in [6.07, 6.45) is 0. The Morgan fingerprint density at radius 3 is 1.71 bits per heavy atom. The van der Waals surface area contributed by atoms with Gasteiger partial charge in [0.15, 0.2) is 11.6 Å². The van der Waals surface area contributed by atoms with E-state index in [9.17, 15) is 9.59 Å². The Kier molecular flexibility index (Phi) is 5.79. The van der Waals surface area contributed by atoms with Crippen molar-refractivity contribution in [1.29, 1.82) is 0 Å². The first kappa shape index (κ1) is 20.7. The summed E-state index contributed by atoms with van der Waals surface area (Å²) in [7, 11) is 0. The molecular formula is C27H20ClNO2. The summed E-state index contributed by atoms with van der Waals surface area (Å²) in [5.74, 6) is -0.349. The number of carbonyl (C=O) groups is 2. The predicted octanol–water partition coefficient (Wildman–Crippen LogP) is 6.48. The number of carbonyl (C=O) groups excluding carboxylic acids is 2. The van der Waals surface area contributed by atoms with Crippen LogP contribution in [0.4, 0.5) is 0 Å². The lowest BCUT2D eigenvalue weighted by molar-refractivity contribution is 0.103. The van der Waals surface area contributed by atoms with Gasteiger partial charge in [-0.25, -0.2) is 0 Å². The summed E-state index contributed by atoms with van der Waals surface area (Å²) in [4.78, 5) is 31.7. The molecule has 4 heteroatoms. The van der Waals surface area contributed by atoms with Gasteiger partial charge in [0, 0.05) is 33.0 Å². The lowest BCUT2D eigenvalue weighted by Gasteiger charge is -2.18. The second-order valence-electron chi connectivity index (χ2n) is 7.29. The van der Waals surface area contributed by atoms with Crippen LogP contribution in [0.3, 0.4) is 0 Å². The van der Waals surface area contributed by atoms with Crippen LogP contribution >= 0.6 is 11.6 Å². The summed E-state index contributed by atoms with van der Waals surface area (Å²) in [6.45, 7) is 3.60. The lowest BCUT2D eigenvalue weighted by atomic mass is 9.88. The summed E-state index contributed by atoms with van der Waals surface area (Å²) in [5, 5.41) is 0.498. The van der Waals surface area contributed by atoms with E-state index in [1.165, 1.54) is 0 Å². The van der Waals surface area contributed by atoms with Crippen molar-refractivity contribution in [1.82, 2.24) is 4.98 Å². The fourth-order valence-electron chi connectivity index (χ4n) is 3.78. The van der Waals surface area contributed by atoms with Crippen LogP contribution in [-0.4, -0.2) is 16.6 Å². The first-order chi connectivity index (χ1) is 15.0. The first-order valence-electron chi connectivity index (χ1n) is 9.94. The summed E-state index contributed by atoms with van der Waals surface area (Å²) in [6, 6.07) is 25.3. The van der Waals surface area contributed by atoms with Crippen LogP contribution in [0.25, 0.3) is 11.3 Å². The van der Waals surface area contributed by atoms with Crippen LogP contribution < -0.4 is 0 Å². The number of nitrogens with zero attached hydrogens (tertiary/aromatic N) is 1. The highest BCUT2D eigenvalue weighted by Crippen LogP contribution is 2.34. The standard InChI is InChI=1S/C27H20ClNO2/c1-17-23(26(30)19-11-5-3-6-12-19)18(2)29-25(21-15-9-10-16-22(21)28)24(17)27(31)20-13-7-4-8-14-20/h3-16H,1-2H3. The highest BCUT2D eigenvalue weighted by Gasteiger charge is 2.26. The van der Waals surface area contributed by atoms with Crippen molar-refractivity contribution in [3.8, 4) is 11.3 Å². The zero-order valence-corrected chi connectivity index (χ0v) is 18.0. The fourth-order valence-corrected chi connectivity index (χ4v) is 4.01. The Morgan fingerprint density at radius 2 is 1.16 bits per heavy atom. The number of aromatic nitrogens is 1. The highest BCUT2D eigenvalue weighted by atomic mass is 35.5. The molecular weight excluding hydrogens is 406 g/mol. The minimum absolute atomic E-state index is 0.157. The zero-order valence-electron chi connectivity index (χ0n) is 17.2. The smallest absolute Gasteiger partial charge is 0.195 e. The van der Waals surface area contributed by atoms with Gasteiger partial charge in [-0.2, -0.15) is 0 Å². The van der Waals surface area contributed by atoms with E-state index in [0.717, 1.165) is 0 Å². The van der Waals surface area contributed by atoms with E-state index >= 15 is 0 Å². The molecule has 0 bridgehead atoms. The Morgan fingerprint density at radius 1 is 0.677 bits per heavy atom. The van der Waals surface area contributed by atoms with Crippen LogP contribution in [0.1, 0.15) is 43.1 Å². The monoisotopic (exact) mass is 425 g/mol. The largest absolute Gasteiger partial charge is 0.289 e.